The SMILES string of the molecule is Cc1ccc(C(C)C)c(OCC(=O)N/N=C\c2ccccc2OCC(=O)O)c1. The molecule has 28 heavy (non-hydrogen) atoms. The highest BCUT2D eigenvalue weighted by molar-refractivity contribution is 5.85. The van der Waals surface area contributed by atoms with E-state index in [4.69, 9.17) is 14.6 Å². The molecule has 7 heteroatoms. The van der Waals surface area contributed by atoms with Crippen LogP contribution in [0.5, 0.6) is 11.5 Å². The Hall–Kier alpha value is -3.35. The molecule has 7 nitrogen and oxygen atoms in total. The monoisotopic (exact) mass is 384 g/mol. The van der Waals surface area contributed by atoms with E-state index in [0.29, 0.717) is 17.1 Å². The first kappa shape index (κ1) is 21.0. The molecule has 2 aromatic rings. The second-order valence-corrected chi connectivity index (χ2v) is 6.50. The van der Waals surface area contributed by atoms with E-state index in [0.717, 1.165) is 11.1 Å². The highest BCUT2D eigenvalue weighted by Gasteiger charge is 2.10. The highest BCUT2D eigenvalue weighted by atomic mass is 16.5. The summed E-state index contributed by atoms with van der Waals surface area (Å²) in [4.78, 5) is 22.6. The van der Waals surface area contributed by atoms with Gasteiger partial charge in [0.1, 0.15) is 11.5 Å². The van der Waals surface area contributed by atoms with Crippen LogP contribution in [-0.4, -0.2) is 36.4 Å². The number of hydrogen-bond acceptors (Lipinski definition) is 5. The summed E-state index contributed by atoms with van der Waals surface area (Å²) in [6.07, 6.45) is 1.39. The molecule has 148 valence electrons. The zero-order valence-electron chi connectivity index (χ0n) is 16.1. The van der Waals surface area contributed by atoms with E-state index >= 15 is 0 Å². The Kier molecular flexibility index (Phi) is 7.56. The lowest BCUT2D eigenvalue weighted by molar-refractivity contribution is -0.139. The van der Waals surface area contributed by atoms with Crippen molar-refractivity contribution in [1.82, 2.24) is 5.43 Å². The normalized spacial score (nSPS) is 10.9. The summed E-state index contributed by atoms with van der Waals surface area (Å²) >= 11 is 0. The number of nitrogens with one attached hydrogen (secondary N) is 1. The highest BCUT2D eigenvalue weighted by Crippen LogP contribution is 2.27. The van der Waals surface area contributed by atoms with Crippen LogP contribution in [0, 0.1) is 6.92 Å². The molecule has 0 aliphatic carbocycles. The Labute approximate surface area is 164 Å². The van der Waals surface area contributed by atoms with E-state index in [2.05, 4.69) is 24.4 Å². The van der Waals surface area contributed by atoms with Gasteiger partial charge >= 0.3 is 5.97 Å². The number of hydrazone groups is 1. The second kappa shape index (κ2) is 10.1. The van der Waals surface area contributed by atoms with Gasteiger partial charge in [-0.25, -0.2) is 10.2 Å². The smallest absolute Gasteiger partial charge is 0.341 e. The molecular weight excluding hydrogens is 360 g/mol. The van der Waals surface area contributed by atoms with Crippen LogP contribution in [0.1, 0.15) is 36.5 Å². The minimum atomic E-state index is -1.07. The Morgan fingerprint density at radius 1 is 1.11 bits per heavy atom. The van der Waals surface area contributed by atoms with Crippen LogP contribution in [0.15, 0.2) is 47.6 Å². The summed E-state index contributed by atoms with van der Waals surface area (Å²) in [6.45, 7) is 5.46. The lowest BCUT2D eigenvalue weighted by Crippen LogP contribution is -2.25. The Morgan fingerprint density at radius 3 is 2.54 bits per heavy atom. The molecule has 2 N–H and O–H groups in total. The zero-order chi connectivity index (χ0) is 20.5. The molecule has 1 amide bonds. The lowest BCUT2D eigenvalue weighted by atomic mass is 10.0. The van der Waals surface area contributed by atoms with Crippen molar-refractivity contribution in [3.05, 3.63) is 59.2 Å². The summed E-state index contributed by atoms with van der Waals surface area (Å²) in [5, 5.41) is 12.6. The fourth-order valence-corrected chi connectivity index (χ4v) is 2.45. The number of aryl methyl sites for hydroxylation is 1. The maximum atomic E-state index is 12.0. The van der Waals surface area contributed by atoms with Gasteiger partial charge in [-0.3, -0.25) is 4.79 Å². The summed E-state index contributed by atoms with van der Waals surface area (Å²) < 4.78 is 10.8. The predicted molar refractivity (Wildman–Crippen MR) is 106 cm³/mol. The minimum absolute atomic E-state index is 0.169. The number of hydrogen-bond donors (Lipinski definition) is 2. The molecule has 0 fully saturated rings. The van der Waals surface area contributed by atoms with Crippen LogP contribution in [0.25, 0.3) is 0 Å². The van der Waals surface area contributed by atoms with Gasteiger partial charge in [-0.15, -0.1) is 0 Å². The number of benzene rings is 2. The zero-order valence-corrected chi connectivity index (χ0v) is 16.1. The van der Waals surface area contributed by atoms with Gasteiger partial charge in [0.15, 0.2) is 13.2 Å². The van der Waals surface area contributed by atoms with Crippen molar-refractivity contribution in [2.75, 3.05) is 13.2 Å². The lowest BCUT2D eigenvalue weighted by Gasteiger charge is -2.14. The third kappa shape index (κ3) is 6.42. The van der Waals surface area contributed by atoms with E-state index < -0.39 is 18.5 Å². The van der Waals surface area contributed by atoms with E-state index in [1.54, 1.807) is 24.3 Å². The molecule has 0 spiro atoms. The Morgan fingerprint density at radius 2 is 1.82 bits per heavy atom. The summed E-state index contributed by atoms with van der Waals surface area (Å²) in [5.41, 5.74) is 5.02. The number of carbonyl (C=O) groups excluding carboxylic acids is 1. The van der Waals surface area contributed by atoms with E-state index in [1.807, 2.05) is 25.1 Å². The van der Waals surface area contributed by atoms with Gasteiger partial charge < -0.3 is 14.6 Å². The first-order valence-electron chi connectivity index (χ1n) is 8.85. The maximum Gasteiger partial charge on any atom is 0.341 e. The molecule has 0 aliphatic heterocycles. The van der Waals surface area contributed by atoms with Crippen molar-refractivity contribution in [2.45, 2.75) is 26.7 Å². The van der Waals surface area contributed by atoms with Crippen LogP contribution in [0.2, 0.25) is 0 Å². The quantitative estimate of drug-likeness (QED) is 0.511. The molecule has 2 rings (SSSR count). The fraction of sp³-hybridized carbons (Fsp3) is 0.286. The van der Waals surface area contributed by atoms with Crippen LogP contribution in [0.3, 0.4) is 0 Å². The maximum absolute atomic E-state index is 12.0. The largest absolute Gasteiger partial charge is 0.483 e. The molecular formula is C21H24N2O5. The predicted octanol–water partition coefficient (Wildman–Crippen LogP) is 3.11. The van der Waals surface area contributed by atoms with Gasteiger partial charge in [-0.1, -0.05) is 38.1 Å². The number of amides is 1. The Bertz CT molecular complexity index is 862. The molecule has 0 unspecified atom stereocenters. The topological polar surface area (TPSA) is 97.2 Å². The number of carbonyl (C=O) groups is 2. The van der Waals surface area contributed by atoms with Gasteiger partial charge in [-0.2, -0.15) is 5.10 Å². The second-order valence-electron chi connectivity index (χ2n) is 6.50. The third-order valence-electron chi connectivity index (χ3n) is 3.81. The number of carboxylic acids is 1. The molecule has 0 aromatic heterocycles. The molecule has 0 saturated carbocycles. The molecule has 2 aromatic carbocycles. The number of carboxylic acid groups (broad SMARTS) is 1. The number of aliphatic carboxylic acids is 1. The average Bonchev–Trinajstić information content (AvgIpc) is 2.65. The van der Waals surface area contributed by atoms with Crippen molar-refractivity contribution < 1.29 is 24.2 Å². The molecule has 0 bridgehead atoms. The average molecular weight is 384 g/mol. The van der Waals surface area contributed by atoms with Crippen LogP contribution < -0.4 is 14.9 Å². The van der Waals surface area contributed by atoms with Crippen molar-refractivity contribution >= 4 is 18.1 Å². The first-order chi connectivity index (χ1) is 13.4. The molecule has 0 saturated heterocycles. The molecule has 0 aliphatic rings. The summed E-state index contributed by atoms with van der Waals surface area (Å²) in [5.74, 6) is -0.161. The molecule has 0 heterocycles. The molecule has 0 atom stereocenters. The van der Waals surface area contributed by atoms with Crippen molar-refractivity contribution in [3.8, 4) is 11.5 Å². The molecule has 0 radical (unpaired) electrons. The van der Waals surface area contributed by atoms with Gasteiger partial charge in [0.2, 0.25) is 0 Å². The van der Waals surface area contributed by atoms with Gasteiger partial charge in [-0.05, 0) is 42.2 Å². The van der Waals surface area contributed by atoms with Crippen LogP contribution in [0.4, 0.5) is 0 Å². The number of para-hydroxylation sites is 1. The van der Waals surface area contributed by atoms with E-state index in [1.165, 1.54) is 6.21 Å². The van der Waals surface area contributed by atoms with Crippen LogP contribution in [-0.2, 0) is 9.59 Å². The minimum Gasteiger partial charge on any atom is -0.483 e. The summed E-state index contributed by atoms with van der Waals surface area (Å²) in [6, 6.07) is 12.7. The van der Waals surface area contributed by atoms with Gasteiger partial charge in [0.05, 0.1) is 6.21 Å². The van der Waals surface area contributed by atoms with Gasteiger partial charge in [0.25, 0.3) is 5.91 Å². The number of rotatable bonds is 9. The van der Waals surface area contributed by atoms with E-state index in [9.17, 15) is 9.59 Å². The third-order valence-corrected chi connectivity index (χ3v) is 3.81. The van der Waals surface area contributed by atoms with Crippen molar-refractivity contribution in [1.29, 1.82) is 0 Å². The van der Waals surface area contributed by atoms with Crippen molar-refractivity contribution in [2.24, 2.45) is 5.10 Å². The van der Waals surface area contributed by atoms with Crippen LogP contribution >= 0.6 is 0 Å². The Balaban J connectivity index is 1.93. The standard InChI is InChI=1S/C21H24N2O5/c1-14(2)17-9-8-15(3)10-19(17)27-12-20(24)23-22-11-16-6-4-5-7-18(16)28-13-21(25)26/h4-11,14H,12-13H2,1-3H3,(H,23,24)(H,25,26)/b22-11-. The number of nitrogens with zero attached hydrogens (tertiary/aromatic N) is 1. The van der Waals surface area contributed by atoms with Gasteiger partial charge in [0, 0.05) is 5.56 Å². The van der Waals surface area contributed by atoms with E-state index in [-0.39, 0.29) is 12.5 Å². The first-order valence-corrected chi connectivity index (χ1v) is 8.85. The summed E-state index contributed by atoms with van der Waals surface area (Å²) in [7, 11) is 0. The van der Waals surface area contributed by atoms with Crippen molar-refractivity contribution in [3.63, 3.8) is 0 Å². The number of ether oxygens (including phenoxy) is 2. The fourth-order valence-electron chi connectivity index (χ4n) is 2.45.